The van der Waals surface area contributed by atoms with Gasteiger partial charge in [-0.1, -0.05) is 58.3 Å². The summed E-state index contributed by atoms with van der Waals surface area (Å²) in [6, 6.07) is 0. The summed E-state index contributed by atoms with van der Waals surface area (Å²) in [7, 11) is -1.94. The fourth-order valence-corrected chi connectivity index (χ4v) is 3.31. The van der Waals surface area contributed by atoms with Crippen LogP contribution in [0.1, 0.15) is 86.4 Å². The number of hydrogen-bond acceptors (Lipinski definition) is 6. The predicted octanol–water partition coefficient (Wildman–Crippen LogP) is 0.951. The molecule has 1 unspecified atom stereocenters. The third-order valence-corrected chi connectivity index (χ3v) is 5.04. The largest absolute Gasteiger partial charge is 1.00 e. The van der Waals surface area contributed by atoms with Gasteiger partial charge in [0.1, 0.15) is 0 Å². The number of aliphatic hydroxyl groups excluding tert-OH is 1. The molecule has 0 aromatic rings. The van der Waals surface area contributed by atoms with Crippen molar-refractivity contribution in [3.05, 3.63) is 0 Å². The average molecular weight is 422 g/mol. The van der Waals surface area contributed by atoms with Crippen LogP contribution < -0.4 is 34.9 Å². The Balaban J connectivity index is -0.000000364. The first kappa shape index (κ1) is 32.5. The molecule has 0 aromatic heterocycles. The normalized spacial score (nSPS) is 12.0. The smallest absolute Gasteiger partial charge is 1.00 e. The zero-order chi connectivity index (χ0) is 20.1. The molecule has 8 heteroatoms. The summed E-state index contributed by atoms with van der Waals surface area (Å²) in [5, 5.41) is 12.3. The van der Waals surface area contributed by atoms with E-state index >= 15 is 0 Å². The van der Waals surface area contributed by atoms with E-state index in [0.717, 1.165) is 32.5 Å². The number of hydrogen-bond donors (Lipinski definition) is 2. The molecule has 0 aliphatic heterocycles. The second-order valence-corrected chi connectivity index (χ2v) is 8.03. The van der Waals surface area contributed by atoms with E-state index in [0.29, 0.717) is 13.0 Å². The fourth-order valence-electron chi connectivity index (χ4n) is 2.33. The van der Waals surface area contributed by atoms with Gasteiger partial charge in [0.25, 0.3) is 10.1 Å². The van der Waals surface area contributed by atoms with Gasteiger partial charge in [0.2, 0.25) is 0 Å². The Bertz CT molecular complexity index is 373. The monoisotopic (exact) mass is 421 g/mol. The maximum Gasteiger partial charge on any atom is 1.00 e. The maximum absolute atomic E-state index is 11.4. The minimum absolute atomic E-state index is 0. The maximum atomic E-state index is 11.4. The van der Waals surface area contributed by atoms with E-state index in [4.69, 9.17) is 8.92 Å². The molecule has 0 spiro atoms. The third-order valence-electron chi connectivity index (χ3n) is 3.82. The first-order chi connectivity index (χ1) is 12.4. The molecule has 0 heterocycles. The van der Waals surface area contributed by atoms with E-state index in [1.54, 1.807) is 7.05 Å². The van der Waals surface area contributed by atoms with E-state index in [1.165, 1.54) is 38.5 Å². The van der Waals surface area contributed by atoms with Crippen LogP contribution in [0.4, 0.5) is 0 Å². The van der Waals surface area contributed by atoms with Gasteiger partial charge in [-0.05, 0) is 33.7 Å². The summed E-state index contributed by atoms with van der Waals surface area (Å²) in [6.07, 6.45) is 9.88. The number of ether oxygens (including phenoxy) is 1. The molecular formula is C19H44NNaO5S. The zero-order valence-corrected chi connectivity index (χ0v) is 21.3. The zero-order valence-electron chi connectivity index (χ0n) is 19.5. The summed E-state index contributed by atoms with van der Waals surface area (Å²) in [5.41, 5.74) is 0. The van der Waals surface area contributed by atoms with Crippen LogP contribution in [0.2, 0.25) is 0 Å². The molecule has 0 fully saturated rings. The summed E-state index contributed by atoms with van der Waals surface area (Å²) < 4.78 is 32.4. The van der Waals surface area contributed by atoms with Crippen molar-refractivity contribution in [1.82, 2.24) is 5.32 Å². The third kappa shape index (κ3) is 29.1. The van der Waals surface area contributed by atoms with Crippen molar-refractivity contribution in [3.63, 3.8) is 0 Å². The number of aliphatic hydroxyl groups is 1. The van der Waals surface area contributed by atoms with Gasteiger partial charge in [-0.25, -0.2) is 4.18 Å². The number of rotatable bonds is 17. The Hall–Kier alpha value is 0.790. The fraction of sp³-hybridized carbons (Fsp3) is 1.00. The molecule has 0 saturated heterocycles. The Morgan fingerprint density at radius 3 is 1.81 bits per heavy atom. The average Bonchev–Trinajstić information content (AvgIpc) is 2.59. The van der Waals surface area contributed by atoms with Gasteiger partial charge >= 0.3 is 29.6 Å². The summed E-state index contributed by atoms with van der Waals surface area (Å²) in [6.45, 7) is 8.21. The van der Waals surface area contributed by atoms with Gasteiger partial charge in [0.15, 0.2) is 6.29 Å². The van der Waals surface area contributed by atoms with Crippen LogP contribution in [0.25, 0.3) is 0 Å². The van der Waals surface area contributed by atoms with E-state index in [9.17, 15) is 13.5 Å². The van der Waals surface area contributed by atoms with Crippen LogP contribution in [0.5, 0.6) is 0 Å². The van der Waals surface area contributed by atoms with Crippen LogP contribution in [0, 0.1) is 0 Å². The minimum atomic E-state index is -3.62. The standard InChI is InChI=1S/C15H33NO4S.C4H10O.Na.H/c1-3-4-5-6-7-8-9-10-11-12-15(17)20-21(18,19)14-13-16-2;1-3-5-4-2;;/h15-17H,3-14H2,1-2H3;3-4H2,1-2H3;;/q;;+1;-1. The quantitative estimate of drug-likeness (QED) is 0.157. The van der Waals surface area contributed by atoms with Crippen molar-refractivity contribution < 1.29 is 53.4 Å². The van der Waals surface area contributed by atoms with Gasteiger partial charge in [0, 0.05) is 19.8 Å². The second-order valence-electron chi connectivity index (χ2n) is 6.31. The van der Waals surface area contributed by atoms with Crippen LogP contribution in [0.15, 0.2) is 0 Å². The van der Waals surface area contributed by atoms with Crippen molar-refractivity contribution in [1.29, 1.82) is 0 Å². The van der Waals surface area contributed by atoms with Crippen molar-refractivity contribution in [2.75, 3.05) is 32.6 Å². The molecule has 0 radical (unpaired) electrons. The van der Waals surface area contributed by atoms with Crippen molar-refractivity contribution in [3.8, 4) is 0 Å². The molecule has 0 aromatic carbocycles. The van der Waals surface area contributed by atoms with E-state index < -0.39 is 16.4 Å². The summed E-state index contributed by atoms with van der Waals surface area (Å²) in [5.74, 6) is -0.113. The van der Waals surface area contributed by atoms with Gasteiger partial charge in [0.05, 0.1) is 5.75 Å². The molecule has 27 heavy (non-hydrogen) atoms. The first-order valence-corrected chi connectivity index (χ1v) is 11.8. The van der Waals surface area contributed by atoms with Crippen LogP contribution in [-0.4, -0.2) is 52.4 Å². The molecule has 2 N–H and O–H groups in total. The molecule has 0 amide bonds. The Morgan fingerprint density at radius 2 is 1.41 bits per heavy atom. The van der Waals surface area contributed by atoms with Gasteiger partial charge < -0.3 is 16.6 Å². The molecule has 162 valence electrons. The summed E-state index contributed by atoms with van der Waals surface area (Å²) in [4.78, 5) is 0. The van der Waals surface area contributed by atoms with Crippen LogP contribution in [-0.2, 0) is 19.0 Å². The molecule has 0 aliphatic carbocycles. The number of unbranched alkanes of at least 4 members (excludes halogenated alkanes) is 8. The molecule has 0 rings (SSSR count). The second kappa shape index (κ2) is 24.8. The Labute approximate surface area is 192 Å². The van der Waals surface area contributed by atoms with Gasteiger partial charge in [-0.3, -0.25) is 0 Å². The van der Waals surface area contributed by atoms with E-state index in [2.05, 4.69) is 12.2 Å². The van der Waals surface area contributed by atoms with Crippen molar-refractivity contribution in [2.24, 2.45) is 0 Å². The van der Waals surface area contributed by atoms with Gasteiger partial charge in [-0.15, -0.1) is 0 Å². The topological polar surface area (TPSA) is 84.9 Å². The SMILES string of the molecule is CCCCCCCCCCCC(O)OS(=O)(=O)CCNC.CCOCC.[H-].[Na+]. The first-order valence-electron chi connectivity index (χ1n) is 10.2. The van der Waals surface area contributed by atoms with Crippen molar-refractivity contribution in [2.45, 2.75) is 91.3 Å². The number of nitrogens with one attached hydrogen (secondary N) is 1. The molecule has 1 atom stereocenters. The summed E-state index contributed by atoms with van der Waals surface area (Å²) >= 11 is 0. The molecule has 6 nitrogen and oxygen atoms in total. The van der Waals surface area contributed by atoms with Crippen molar-refractivity contribution >= 4 is 10.1 Å². The predicted molar refractivity (Wildman–Crippen MR) is 110 cm³/mol. The minimum Gasteiger partial charge on any atom is -1.00 e. The Morgan fingerprint density at radius 1 is 0.926 bits per heavy atom. The Kier molecular flexibility index (Phi) is 29.8. The molecule has 0 aliphatic rings. The molecular weight excluding hydrogens is 377 g/mol. The van der Waals surface area contributed by atoms with E-state index in [-0.39, 0.29) is 36.7 Å². The molecule has 0 bridgehead atoms. The molecule has 0 saturated carbocycles. The van der Waals surface area contributed by atoms with E-state index in [1.807, 2.05) is 13.8 Å². The van der Waals surface area contributed by atoms with Crippen LogP contribution >= 0.6 is 0 Å². The van der Waals surface area contributed by atoms with Gasteiger partial charge in [-0.2, -0.15) is 8.42 Å². The van der Waals surface area contributed by atoms with Crippen LogP contribution in [0.3, 0.4) is 0 Å².